The highest BCUT2D eigenvalue weighted by Crippen LogP contribution is 2.30. The fourth-order valence-electron chi connectivity index (χ4n) is 3.16. The van der Waals surface area contributed by atoms with Crippen LogP contribution in [0.2, 0.25) is 5.02 Å². The second-order valence-corrected chi connectivity index (χ2v) is 8.14. The highest BCUT2D eigenvalue weighted by molar-refractivity contribution is 7.99. The molecule has 2 heterocycles. The van der Waals surface area contributed by atoms with Gasteiger partial charge in [0.2, 0.25) is 0 Å². The van der Waals surface area contributed by atoms with E-state index in [9.17, 15) is 9.59 Å². The molecule has 1 aliphatic heterocycles. The van der Waals surface area contributed by atoms with E-state index < -0.39 is 5.97 Å². The average Bonchev–Trinajstić information content (AvgIpc) is 3.23. The van der Waals surface area contributed by atoms with E-state index in [4.69, 9.17) is 16.3 Å². The molecular formula is C22H20ClN5O3S. The maximum absolute atomic E-state index is 12.3. The minimum absolute atomic E-state index is 0.113. The Morgan fingerprint density at radius 3 is 2.62 bits per heavy atom. The molecule has 2 N–H and O–H groups in total. The van der Waals surface area contributed by atoms with Gasteiger partial charge in [-0.1, -0.05) is 41.6 Å². The van der Waals surface area contributed by atoms with Crippen molar-refractivity contribution in [1.82, 2.24) is 25.4 Å². The normalized spacial score (nSPS) is 13.5. The summed E-state index contributed by atoms with van der Waals surface area (Å²) in [6, 6.07) is 16.7. The molecule has 3 aromatic rings. The first-order valence-corrected chi connectivity index (χ1v) is 11.3. The number of aromatic nitrogens is 3. The third-order valence-corrected chi connectivity index (χ3v) is 5.88. The van der Waals surface area contributed by atoms with Crippen molar-refractivity contribution in [2.24, 2.45) is 0 Å². The number of ether oxygens (including phenoxy) is 1. The number of benzene rings is 2. The number of esters is 1. The van der Waals surface area contributed by atoms with Crippen molar-refractivity contribution >= 4 is 35.4 Å². The molecule has 0 saturated carbocycles. The second-order valence-electron chi connectivity index (χ2n) is 6.76. The number of amides is 2. The summed E-state index contributed by atoms with van der Waals surface area (Å²) in [4.78, 5) is 24.2. The van der Waals surface area contributed by atoms with Gasteiger partial charge in [-0.15, -0.1) is 10.2 Å². The van der Waals surface area contributed by atoms with Gasteiger partial charge in [0.25, 0.3) is 0 Å². The number of carbonyl (C=O) groups is 2. The van der Waals surface area contributed by atoms with E-state index in [1.54, 1.807) is 19.1 Å². The fourth-order valence-corrected chi connectivity index (χ4v) is 4.23. The van der Waals surface area contributed by atoms with Crippen LogP contribution in [0.5, 0.6) is 0 Å². The predicted molar refractivity (Wildman–Crippen MR) is 123 cm³/mol. The molecule has 0 unspecified atom stereocenters. The number of hydrogen-bond donors (Lipinski definition) is 2. The van der Waals surface area contributed by atoms with E-state index >= 15 is 0 Å². The van der Waals surface area contributed by atoms with E-state index in [0.29, 0.717) is 33.0 Å². The van der Waals surface area contributed by atoms with Gasteiger partial charge < -0.3 is 15.4 Å². The third-order valence-electron chi connectivity index (χ3n) is 4.67. The molecule has 0 fully saturated rings. The number of urea groups is 1. The van der Waals surface area contributed by atoms with E-state index in [1.165, 1.54) is 11.8 Å². The molecular weight excluding hydrogens is 450 g/mol. The van der Waals surface area contributed by atoms with Crippen molar-refractivity contribution < 1.29 is 14.3 Å². The fraction of sp³-hybridized carbons (Fsp3) is 0.182. The average molecular weight is 470 g/mol. The second kappa shape index (κ2) is 9.88. The number of nitrogens with zero attached hydrogens (tertiary/aromatic N) is 3. The first-order chi connectivity index (χ1) is 15.6. The number of nitrogens with one attached hydrogen (secondary N) is 2. The van der Waals surface area contributed by atoms with Gasteiger partial charge in [0.1, 0.15) is 0 Å². The summed E-state index contributed by atoms with van der Waals surface area (Å²) in [6.07, 6.45) is 0. The topological polar surface area (TPSA) is 98.1 Å². The molecule has 4 rings (SSSR count). The van der Waals surface area contributed by atoms with Crippen molar-refractivity contribution in [3.63, 3.8) is 0 Å². The highest BCUT2D eigenvalue weighted by Gasteiger charge is 2.25. The molecule has 0 spiro atoms. The third kappa shape index (κ3) is 4.79. The van der Waals surface area contributed by atoms with E-state index in [1.807, 2.05) is 47.0 Å². The summed E-state index contributed by atoms with van der Waals surface area (Å²) in [5.41, 5.74) is 2.63. The number of rotatable bonds is 7. The van der Waals surface area contributed by atoms with Crippen LogP contribution in [0.15, 0.2) is 71.0 Å². The number of para-hydroxylation sites is 1. The van der Waals surface area contributed by atoms with E-state index in [-0.39, 0.29) is 19.2 Å². The lowest BCUT2D eigenvalue weighted by Gasteiger charge is -2.21. The van der Waals surface area contributed by atoms with Crippen LogP contribution in [-0.2, 0) is 9.53 Å². The van der Waals surface area contributed by atoms with Crippen LogP contribution in [0.25, 0.3) is 17.1 Å². The number of carbonyl (C=O) groups excluding carboxylic acids is 2. The molecule has 2 amide bonds. The number of thioether (sulfide) groups is 1. The maximum Gasteiger partial charge on any atom is 0.337 e. The zero-order valence-electron chi connectivity index (χ0n) is 17.2. The van der Waals surface area contributed by atoms with Crippen molar-refractivity contribution in [2.45, 2.75) is 12.1 Å². The molecule has 2 aromatic carbocycles. The van der Waals surface area contributed by atoms with Gasteiger partial charge in [-0.2, -0.15) is 0 Å². The molecule has 0 radical (unpaired) electrons. The van der Waals surface area contributed by atoms with Crippen LogP contribution in [0.4, 0.5) is 4.79 Å². The molecule has 0 bridgehead atoms. The van der Waals surface area contributed by atoms with Crippen LogP contribution >= 0.6 is 23.4 Å². The SMILES string of the molecule is CCOC(=O)C1=C(CSc2nnc(-c3ccc(Cl)cc3)n2-c2ccccc2)NC(=O)NC1. The Hall–Kier alpha value is -3.30. The minimum atomic E-state index is -0.457. The molecule has 0 saturated heterocycles. The van der Waals surface area contributed by atoms with Gasteiger partial charge in [-0.25, -0.2) is 9.59 Å². The molecule has 0 aliphatic carbocycles. The standard InChI is InChI=1S/C22H20ClN5O3S/c1-2-31-20(29)17-12-24-21(30)25-18(17)13-32-22-27-26-19(14-8-10-15(23)11-9-14)28(22)16-6-4-3-5-7-16/h3-11H,2,12-13H2,1H3,(H2,24,25,30). The minimum Gasteiger partial charge on any atom is -0.463 e. The van der Waals surface area contributed by atoms with Gasteiger partial charge >= 0.3 is 12.0 Å². The Kier molecular flexibility index (Phi) is 6.77. The summed E-state index contributed by atoms with van der Waals surface area (Å²) in [6.45, 7) is 2.10. The zero-order valence-corrected chi connectivity index (χ0v) is 18.7. The highest BCUT2D eigenvalue weighted by atomic mass is 35.5. The Bertz CT molecular complexity index is 1160. The molecule has 8 nitrogen and oxygen atoms in total. The summed E-state index contributed by atoms with van der Waals surface area (Å²) < 4.78 is 7.05. The van der Waals surface area contributed by atoms with Crippen LogP contribution in [0, 0.1) is 0 Å². The summed E-state index contributed by atoms with van der Waals surface area (Å²) >= 11 is 7.40. The quantitative estimate of drug-likeness (QED) is 0.403. The molecule has 164 valence electrons. The monoisotopic (exact) mass is 469 g/mol. The Labute approximate surface area is 194 Å². The van der Waals surface area contributed by atoms with Gasteiger partial charge in [0.05, 0.1) is 18.7 Å². The Morgan fingerprint density at radius 1 is 1.16 bits per heavy atom. The summed E-state index contributed by atoms with van der Waals surface area (Å²) in [7, 11) is 0. The van der Waals surface area contributed by atoms with Crippen LogP contribution in [-0.4, -0.2) is 45.7 Å². The van der Waals surface area contributed by atoms with Crippen molar-refractivity contribution in [3.05, 3.63) is 70.9 Å². The predicted octanol–water partition coefficient (Wildman–Crippen LogP) is 3.81. The summed E-state index contributed by atoms with van der Waals surface area (Å²) in [5, 5.41) is 15.3. The molecule has 10 heteroatoms. The largest absolute Gasteiger partial charge is 0.463 e. The van der Waals surface area contributed by atoms with Gasteiger partial charge in [-0.3, -0.25) is 4.57 Å². The first kappa shape index (κ1) is 21.9. The molecule has 1 aliphatic rings. The van der Waals surface area contributed by atoms with E-state index in [0.717, 1.165) is 11.3 Å². The van der Waals surface area contributed by atoms with Crippen LogP contribution in [0.3, 0.4) is 0 Å². The maximum atomic E-state index is 12.3. The molecule has 1 aromatic heterocycles. The van der Waals surface area contributed by atoms with Gasteiger partial charge in [-0.05, 0) is 43.3 Å². The van der Waals surface area contributed by atoms with E-state index in [2.05, 4.69) is 20.8 Å². The zero-order chi connectivity index (χ0) is 22.5. The first-order valence-electron chi connectivity index (χ1n) is 9.90. The number of halogens is 1. The number of hydrogen-bond acceptors (Lipinski definition) is 6. The van der Waals surface area contributed by atoms with Gasteiger partial charge in [0, 0.05) is 27.7 Å². The van der Waals surface area contributed by atoms with Crippen LogP contribution in [0.1, 0.15) is 6.92 Å². The van der Waals surface area contributed by atoms with Crippen LogP contribution < -0.4 is 10.6 Å². The Balaban J connectivity index is 1.68. The van der Waals surface area contributed by atoms with Crippen molar-refractivity contribution in [1.29, 1.82) is 0 Å². The Morgan fingerprint density at radius 2 is 1.91 bits per heavy atom. The summed E-state index contributed by atoms with van der Waals surface area (Å²) in [5.74, 6) is 0.513. The van der Waals surface area contributed by atoms with Crippen molar-refractivity contribution in [3.8, 4) is 17.1 Å². The smallest absolute Gasteiger partial charge is 0.337 e. The molecule has 0 atom stereocenters. The lowest BCUT2D eigenvalue weighted by atomic mass is 10.2. The lowest BCUT2D eigenvalue weighted by Crippen LogP contribution is -2.44. The van der Waals surface area contributed by atoms with Gasteiger partial charge in [0.15, 0.2) is 11.0 Å². The lowest BCUT2D eigenvalue weighted by molar-refractivity contribution is -0.138. The van der Waals surface area contributed by atoms with Crippen molar-refractivity contribution in [2.75, 3.05) is 18.9 Å². The molecule has 32 heavy (non-hydrogen) atoms.